The molecule has 4 N–H and O–H groups in total. The van der Waals surface area contributed by atoms with Crippen LogP contribution in [0.3, 0.4) is 0 Å². The van der Waals surface area contributed by atoms with Gasteiger partial charge in [0.05, 0.1) is 0 Å². The average Bonchev–Trinajstić information content (AvgIpc) is 2.79. The zero-order chi connectivity index (χ0) is 23.2. The summed E-state index contributed by atoms with van der Waals surface area (Å²) in [6.07, 6.45) is 1.49. The SMILES string of the molecule is CC1(NC(=O)C(=S)c2ccccc2)C(=O)N2C(C(=O)O)=C(c3cc[nH]c(=S)c3O)CS[C@H]21. The Labute approximate surface area is 197 Å². The van der Waals surface area contributed by atoms with Crippen molar-refractivity contribution in [2.24, 2.45) is 0 Å². The first-order valence-corrected chi connectivity index (χ1v) is 11.3. The fourth-order valence-electron chi connectivity index (χ4n) is 3.77. The number of benzene rings is 1. The second kappa shape index (κ2) is 8.15. The summed E-state index contributed by atoms with van der Waals surface area (Å²) in [5, 5.41) is 22.3. The highest BCUT2D eigenvalue weighted by Crippen LogP contribution is 2.49. The number of nitrogens with one attached hydrogen (secondary N) is 2. The lowest BCUT2D eigenvalue weighted by Crippen LogP contribution is -2.78. The van der Waals surface area contributed by atoms with Gasteiger partial charge in [0.25, 0.3) is 11.8 Å². The number of hydrogen-bond donors (Lipinski definition) is 4. The second-order valence-corrected chi connectivity index (χ2v) is 9.28. The maximum atomic E-state index is 13.1. The Morgan fingerprint density at radius 3 is 2.62 bits per heavy atom. The Bertz CT molecular complexity index is 1260. The van der Waals surface area contributed by atoms with Crippen molar-refractivity contribution >= 4 is 64.4 Å². The van der Waals surface area contributed by atoms with Crippen LogP contribution in [0, 0.1) is 4.64 Å². The molecule has 1 aromatic heterocycles. The maximum Gasteiger partial charge on any atom is 0.352 e. The van der Waals surface area contributed by atoms with Crippen molar-refractivity contribution in [3.8, 4) is 5.75 Å². The summed E-state index contributed by atoms with van der Waals surface area (Å²) in [7, 11) is 0. The number of amides is 2. The number of pyridine rings is 1. The van der Waals surface area contributed by atoms with E-state index in [1.54, 1.807) is 37.3 Å². The molecular formula is C21H17N3O5S3. The number of β-lactam (4-membered cyclic amide) rings is 1. The molecule has 1 saturated heterocycles. The summed E-state index contributed by atoms with van der Waals surface area (Å²) in [5.74, 6) is -2.54. The van der Waals surface area contributed by atoms with E-state index in [1.165, 1.54) is 24.0 Å². The quantitative estimate of drug-likeness (QED) is 0.288. The molecule has 0 aliphatic carbocycles. The molecule has 164 valence electrons. The number of aromatic nitrogens is 1. The van der Waals surface area contributed by atoms with Crippen LogP contribution < -0.4 is 5.32 Å². The third kappa shape index (κ3) is 3.42. The van der Waals surface area contributed by atoms with Crippen LogP contribution in [0.5, 0.6) is 5.75 Å². The Hall–Kier alpha value is -3.02. The van der Waals surface area contributed by atoms with Gasteiger partial charge in [-0.25, -0.2) is 4.79 Å². The van der Waals surface area contributed by atoms with E-state index < -0.39 is 28.7 Å². The van der Waals surface area contributed by atoms with E-state index in [0.717, 1.165) is 4.90 Å². The van der Waals surface area contributed by atoms with Gasteiger partial charge < -0.3 is 20.5 Å². The zero-order valence-corrected chi connectivity index (χ0v) is 19.1. The number of carboxylic acid groups (broad SMARTS) is 1. The Balaban J connectivity index is 1.65. The Morgan fingerprint density at radius 1 is 1.28 bits per heavy atom. The molecule has 8 nitrogen and oxygen atoms in total. The first-order valence-electron chi connectivity index (χ1n) is 9.41. The fraction of sp³-hybridized carbons (Fsp3) is 0.190. The highest BCUT2D eigenvalue weighted by molar-refractivity contribution is 8.00. The summed E-state index contributed by atoms with van der Waals surface area (Å²) >= 11 is 11.6. The lowest BCUT2D eigenvalue weighted by Gasteiger charge is -2.55. The van der Waals surface area contributed by atoms with E-state index in [0.29, 0.717) is 5.56 Å². The normalized spacial score (nSPS) is 22.1. The molecule has 2 atom stereocenters. The second-order valence-electron chi connectivity index (χ2n) is 7.39. The smallest absolute Gasteiger partial charge is 0.352 e. The van der Waals surface area contributed by atoms with Crippen LogP contribution in [0.2, 0.25) is 0 Å². The molecule has 2 aromatic rings. The highest BCUT2D eigenvalue weighted by atomic mass is 32.2. The van der Waals surface area contributed by atoms with Gasteiger partial charge in [0.2, 0.25) is 0 Å². The minimum absolute atomic E-state index is 0.0389. The first kappa shape index (κ1) is 22.2. The molecule has 0 saturated carbocycles. The third-order valence-electron chi connectivity index (χ3n) is 5.38. The minimum atomic E-state index is -1.33. The number of fused-ring (bicyclic) bond motifs is 1. The standard InChI is InChI=1S/C21H17N3O5S3/c1-21(23-16(26)15(30)10-5-3-2-4-6-10)19(29)24-13(18(27)28)12(9-32-20(21)24)11-7-8-22-17(31)14(11)25/h2-8,20,25H,9H2,1H3,(H,22,31)(H,23,26)(H,27,28)/t20-,21?/m0/s1. The molecule has 1 unspecified atom stereocenters. The number of aliphatic carboxylic acids is 1. The number of H-pyrrole nitrogens is 1. The largest absolute Gasteiger partial charge is 0.504 e. The third-order valence-corrected chi connectivity index (χ3v) is 7.57. The minimum Gasteiger partial charge on any atom is -0.504 e. The summed E-state index contributed by atoms with van der Waals surface area (Å²) in [4.78, 5) is 41.8. The molecular weight excluding hydrogens is 470 g/mol. The van der Waals surface area contributed by atoms with Gasteiger partial charge in [-0.2, -0.15) is 0 Å². The number of thioether (sulfide) groups is 1. The van der Waals surface area contributed by atoms with Crippen molar-refractivity contribution in [1.29, 1.82) is 0 Å². The van der Waals surface area contributed by atoms with E-state index >= 15 is 0 Å². The predicted octanol–water partition coefficient (Wildman–Crippen LogP) is 2.45. The van der Waals surface area contributed by atoms with Crippen molar-refractivity contribution in [2.45, 2.75) is 17.8 Å². The van der Waals surface area contributed by atoms with E-state index in [9.17, 15) is 24.6 Å². The topological polar surface area (TPSA) is 123 Å². The first-order chi connectivity index (χ1) is 15.2. The Morgan fingerprint density at radius 2 is 1.97 bits per heavy atom. The van der Waals surface area contributed by atoms with Crippen LogP contribution in [0.1, 0.15) is 18.1 Å². The van der Waals surface area contributed by atoms with Crippen LogP contribution >= 0.6 is 36.2 Å². The monoisotopic (exact) mass is 487 g/mol. The van der Waals surface area contributed by atoms with Crippen molar-refractivity contribution in [2.75, 3.05) is 5.75 Å². The summed E-state index contributed by atoms with van der Waals surface area (Å²) in [6.45, 7) is 1.55. The fourth-order valence-corrected chi connectivity index (χ4v) is 5.60. The van der Waals surface area contributed by atoms with Gasteiger partial charge in [-0.15, -0.1) is 11.8 Å². The predicted molar refractivity (Wildman–Crippen MR) is 126 cm³/mol. The molecule has 2 aliphatic rings. The molecule has 1 aromatic carbocycles. The summed E-state index contributed by atoms with van der Waals surface area (Å²) in [6, 6.07) is 10.2. The number of nitrogens with zero attached hydrogens (tertiary/aromatic N) is 1. The van der Waals surface area contributed by atoms with Gasteiger partial charge in [0.15, 0.2) is 5.75 Å². The van der Waals surface area contributed by atoms with E-state index in [-0.39, 0.29) is 37.8 Å². The van der Waals surface area contributed by atoms with Gasteiger partial charge in [0, 0.05) is 23.1 Å². The van der Waals surface area contributed by atoms with Crippen LogP contribution in [-0.2, 0) is 14.4 Å². The van der Waals surface area contributed by atoms with Crippen molar-refractivity contribution < 1.29 is 24.6 Å². The maximum absolute atomic E-state index is 13.1. The van der Waals surface area contributed by atoms with Crippen LogP contribution in [0.25, 0.3) is 5.57 Å². The molecule has 0 bridgehead atoms. The number of carbonyl (C=O) groups excluding carboxylic acids is 2. The lowest BCUT2D eigenvalue weighted by atomic mass is 9.87. The van der Waals surface area contributed by atoms with Gasteiger partial charge in [-0.1, -0.05) is 54.8 Å². The van der Waals surface area contributed by atoms with Gasteiger partial charge in [-0.3, -0.25) is 14.5 Å². The molecule has 1 fully saturated rings. The number of aromatic amines is 1. The number of hydrogen-bond acceptors (Lipinski definition) is 7. The lowest BCUT2D eigenvalue weighted by molar-refractivity contribution is -0.156. The highest BCUT2D eigenvalue weighted by Gasteiger charge is 2.63. The molecule has 11 heteroatoms. The van der Waals surface area contributed by atoms with Gasteiger partial charge in [0.1, 0.15) is 26.1 Å². The summed E-state index contributed by atoms with van der Waals surface area (Å²) < 4.78 is 0.0633. The number of carboxylic acids is 1. The molecule has 3 heterocycles. The van der Waals surface area contributed by atoms with E-state index in [2.05, 4.69) is 10.3 Å². The van der Waals surface area contributed by atoms with Crippen LogP contribution in [0.15, 0.2) is 48.3 Å². The molecule has 2 aliphatic heterocycles. The van der Waals surface area contributed by atoms with Crippen molar-refractivity contribution in [3.63, 3.8) is 0 Å². The van der Waals surface area contributed by atoms with Crippen LogP contribution in [0.4, 0.5) is 0 Å². The molecule has 0 spiro atoms. The van der Waals surface area contributed by atoms with E-state index in [4.69, 9.17) is 24.4 Å². The number of carbonyl (C=O) groups is 3. The Kier molecular flexibility index (Phi) is 5.65. The number of thiocarbonyl (C=S) groups is 1. The molecule has 4 rings (SSSR count). The molecule has 0 radical (unpaired) electrons. The average molecular weight is 488 g/mol. The van der Waals surface area contributed by atoms with Gasteiger partial charge in [-0.05, 0) is 18.6 Å². The van der Waals surface area contributed by atoms with Crippen LogP contribution in [-0.4, -0.2) is 59.4 Å². The zero-order valence-electron chi connectivity index (χ0n) is 16.6. The van der Waals surface area contributed by atoms with E-state index in [1.807, 2.05) is 0 Å². The van der Waals surface area contributed by atoms with Crippen molar-refractivity contribution in [1.82, 2.24) is 15.2 Å². The summed E-state index contributed by atoms with van der Waals surface area (Å²) in [5.41, 5.74) is -0.506. The van der Waals surface area contributed by atoms with Gasteiger partial charge >= 0.3 is 5.97 Å². The number of rotatable bonds is 5. The van der Waals surface area contributed by atoms with Crippen molar-refractivity contribution in [3.05, 3.63) is 64.1 Å². The molecule has 2 amide bonds. The molecule has 32 heavy (non-hydrogen) atoms. The number of aromatic hydroxyl groups is 1.